The van der Waals surface area contributed by atoms with Gasteiger partial charge in [-0.1, -0.05) is 36.8 Å². The first-order chi connectivity index (χ1) is 5.79. The van der Waals surface area contributed by atoms with Crippen molar-refractivity contribution in [3.63, 3.8) is 0 Å². The minimum Gasteiger partial charge on any atom is -0.116 e. The summed E-state index contributed by atoms with van der Waals surface area (Å²) in [7, 11) is 0. The predicted octanol–water partition coefficient (Wildman–Crippen LogP) is 3.63. The standard InChI is InChI=1S/C9H12Br2Si/c10-12(11)8-4-7-9-5-2-1-3-6-9/h1-3,5-6,12H,4,7-8H2. The fourth-order valence-corrected chi connectivity index (χ4v) is 3.56. The van der Waals surface area contributed by atoms with Crippen molar-refractivity contribution < 1.29 is 0 Å². The van der Waals surface area contributed by atoms with Crippen LogP contribution in [-0.2, 0) is 6.42 Å². The zero-order chi connectivity index (χ0) is 8.81. The van der Waals surface area contributed by atoms with Crippen LogP contribution in [-0.4, -0.2) is 6.04 Å². The van der Waals surface area contributed by atoms with Crippen LogP contribution < -0.4 is 0 Å². The Kier molecular flexibility index (Phi) is 5.19. The van der Waals surface area contributed by atoms with Crippen molar-refractivity contribution in [2.45, 2.75) is 18.9 Å². The first kappa shape index (κ1) is 10.5. The molecular formula is C9H12Br2Si. The van der Waals surface area contributed by atoms with E-state index in [1.165, 1.54) is 24.4 Å². The van der Waals surface area contributed by atoms with Gasteiger partial charge in [-0.25, -0.2) is 0 Å². The smallest absolute Gasteiger partial charge is 0.116 e. The van der Waals surface area contributed by atoms with Crippen LogP contribution in [0.1, 0.15) is 12.0 Å². The Morgan fingerprint density at radius 2 is 1.75 bits per heavy atom. The van der Waals surface area contributed by atoms with Crippen LogP contribution in [0.15, 0.2) is 30.3 Å². The van der Waals surface area contributed by atoms with Gasteiger partial charge in [0.15, 0.2) is 6.04 Å². The second kappa shape index (κ2) is 5.94. The molecule has 0 spiro atoms. The van der Waals surface area contributed by atoms with Crippen molar-refractivity contribution in [2.24, 2.45) is 0 Å². The molecule has 0 aliphatic carbocycles. The molecule has 12 heavy (non-hydrogen) atoms. The van der Waals surface area contributed by atoms with E-state index in [2.05, 4.69) is 60.9 Å². The van der Waals surface area contributed by atoms with Gasteiger partial charge in [-0.05, 0) is 18.0 Å². The number of hydrogen-bond donors (Lipinski definition) is 0. The summed E-state index contributed by atoms with van der Waals surface area (Å²) in [5.41, 5.74) is 1.45. The maximum atomic E-state index is 3.60. The molecule has 1 rings (SSSR count). The molecule has 1 aromatic rings. The third-order valence-electron chi connectivity index (χ3n) is 1.73. The minimum absolute atomic E-state index is 0.687. The molecule has 0 radical (unpaired) electrons. The van der Waals surface area contributed by atoms with Crippen LogP contribution in [0, 0.1) is 0 Å². The van der Waals surface area contributed by atoms with Crippen LogP contribution in [0.4, 0.5) is 0 Å². The van der Waals surface area contributed by atoms with Gasteiger partial charge < -0.3 is 0 Å². The Morgan fingerprint density at radius 3 is 2.33 bits per heavy atom. The molecule has 0 heterocycles. The Labute approximate surface area is 91.1 Å². The van der Waals surface area contributed by atoms with Gasteiger partial charge in [-0.2, -0.15) is 0 Å². The number of hydrogen-bond acceptors (Lipinski definition) is 0. The Morgan fingerprint density at radius 1 is 1.08 bits per heavy atom. The van der Waals surface area contributed by atoms with Crippen LogP contribution in [0.25, 0.3) is 0 Å². The van der Waals surface area contributed by atoms with E-state index < -0.39 is 6.04 Å². The van der Waals surface area contributed by atoms with Gasteiger partial charge in [-0.15, -0.1) is 30.6 Å². The highest BCUT2D eigenvalue weighted by atomic mass is 79.9. The molecule has 0 nitrogen and oxygen atoms in total. The summed E-state index contributed by atoms with van der Waals surface area (Å²) < 4.78 is 0. The van der Waals surface area contributed by atoms with Crippen LogP contribution in [0.5, 0.6) is 0 Å². The van der Waals surface area contributed by atoms with Gasteiger partial charge in [0.1, 0.15) is 0 Å². The Bertz CT molecular complexity index is 211. The lowest BCUT2D eigenvalue weighted by molar-refractivity contribution is 0.918. The summed E-state index contributed by atoms with van der Waals surface area (Å²) in [6, 6.07) is 11.3. The highest BCUT2D eigenvalue weighted by molar-refractivity contribution is 9.49. The lowest BCUT2D eigenvalue weighted by atomic mass is 10.1. The molecule has 3 heteroatoms. The average Bonchev–Trinajstić information content (AvgIpc) is 2.05. The third-order valence-corrected chi connectivity index (χ3v) is 5.32. The van der Waals surface area contributed by atoms with E-state index in [-0.39, 0.29) is 0 Å². The number of aryl methyl sites for hydroxylation is 1. The lowest BCUT2D eigenvalue weighted by Crippen LogP contribution is -1.92. The highest BCUT2D eigenvalue weighted by Gasteiger charge is 1.99. The van der Waals surface area contributed by atoms with Crippen LogP contribution >= 0.6 is 30.6 Å². The summed E-state index contributed by atoms with van der Waals surface area (Å²) in [6.07, 6.45) is 2.50. The molecule has 0 N–H and O–H groups in total. The van der Waals surface area contributed by atoms with E-state index in [9.17, 15) is 0 Å². The largest absolute Gasteiger partial charge is 0.186 e. The molecule has 0 atom stereocenters. The molecule has 1 aromatic carbocycles. The van der Waals surface area contributed by atoms with Gasteiger partial charge in [0.25, 0.3) is 0 Å². The second-order valence-corrected chi connectivity index (χ2v) is 14.4. The molecule has 0 bridgehead atoms. The van der Waals surface area contributed by atoms with Crippen molar-refractivity contribution in [1.29, 1.82) is 0 Å². The van der Waals surface area contributed by atoms with Crippen LogP contribution in [0.3, 0.4) is 0 Å². The average molecular weight is 308 g/mol. The SMILES string of the molecule is Br[SiH](Br)CCCc1ccccc1. The normalized spacial score (nSPS) is 10.6. The summed E-state index contributed by atoms with van der Waals surface area (Å²) in [5.74, 6) is 0. The molecule has 0 aliphatic rings. The maximum Gasteiger partial charge on any atom is 0.186 e. The molecule has 0 fully saturated rings. The molecule has 66 valence electrons. The van der Waals surface area contributed by atoms with E-state index >= 15 is 0 Å². The van der Waals surface area contributed by atoms with Gasteiger partial charge in [0.2, 0.25) is 0 Å². The molecular weight excluding hydrogens is 296 g/mol. The van der Waals surface area contributed by atoms with Gasteiger partial charge in [0.05, 0.1) is 0 Å². The van der Waals surface area contributed by atoms with Gasteiger partial charge >= 0.3 is 0 Å². The van der Waals surface area contributed by atoms with Crippen molar-refractivity contribution in [3.05, 3.63) is 35.9 Å². The molecule has 0 saturated heterocycles. The fraction of sp³-hybridized carbons (Fsp3) is 0.333. The van der Waals surface area contributed by atoms with E-state index in [0.717, 1.165) is 0 Å². The Balaban J connectivity index is 2.25. The van der Waals surface area contributed by atoms with Crippen molar-refractivity contribution in [2.75, 3.05) is 0 Å². The summed E-state index contributed by atoms with van der Waals surface area (Å²) in [6.45, 7) is 0. The van der Waals surface area contributed by atoms with Crippen molar-refractivity contribution in [1.82, 2.24) is 0 Å². The number of rotatable bonds is 4. The Hall–Kier alpha value is 0.397. The molecule has 0 aromatic heterocycles. The van der Waals surface area contributed by atoms with E-state index in [1.54, 1.807) is 0 Å². The van der Waals surface area contributed by atoms with E-state index in [1.807, 2.05) is 0 Å². The lowest BCUT2D eigenvalue weighted by Gasteiger charge is -2.00. The minimum atomic E-state index is -0.687. The first-order valence-electron chi connectivity index (χ1n) is 4.11. The maximum absolute atomic E-state index is 3.60. The quantitative estimate of drug-likeness (QED) is 0.588. The van der Waals surface area contributed by atoms with Crippen LogP contribution in [0.2, 0.25) is 6.04 Å². The summed E-state index contributed by atoms with van der Waals surface area (Å²) in [5, 5.41) is 0. The molecule has 0 unspecified atom stereocenters. The van der Waals surface area contributed by atoms with Crippen molar-refractivity contribution in [3.8, 4) is 0 Å². The molecule has 0 saturated carbocycles. The van der Waals surface area contributed by atoms with Crippen molar-refractivity contribution >= 4 is 36.6 Å². The highest BCUT2D eigenvalue weighted by Crippen LogP contribution is 2.13. The molecule has 0 aliphatic heterocycles. The number of halogens is 2. The van der Waals surface area contributed by atoms with Gasteiger partial charge in [0, 0.05) is 0 Å². The number of benzene rings is 1. The zero-order valence-corrected chi connectivity index (χ0v) is 11.2. The first-order valence-corrected chi connectivity index (χ1v) is 11.3. The molecule has 0 amide bonds. The summed E-state index contributed by atoms with van der Waals surface area (Å²) in [4.78, 5) is 0. The van der Waals surface area contributed by atoms with E-state index in [0.29, 0.717) is 0 Å². The van der Waals surface area contributed by atoms with Gasteiger partial charge in [-0.3, -0.25) is 0 Å². The van der Waals surface area contributed by atoms with E-state index in [4.69, 9.17) is 0 Å². The third kappa shape index (κ3) is 4.43. The fourth-order valence-electron chi connectivity index (χ4n) is 1.11. The topological polar surface area (TPSA) is 0 Å². The second-order valence-electron chi connectivity index (χ2n) is 2.77. The monoisotopic (exact) mass is 306 g/mol. The predicted molar refractivity (Wildman–Crippen MR) is 64.6 cm³/mol. The zero-order valence-electron chi connectivity index (χ0n) is 6.84. The summed E-state index contributed by atoms with van der Waals surface area (Å²) >= 11 is 7.21.